The molecule has 0 fully saturated rings. The summed E-state index contributed by atoms with van der Waals surface area (Å²) in [6, 6.07) is 0. The van der Waals surface area contributed by atoms with Crippen LogP contribution in [0.15, 0.2) is 4.42 Å². The van der Waals surface area contributed by atoms with Gasteiger partial charge >= 0.3 is 12.1 Å². The summed E-state index contributed by atoms with van der Waals surface area (Å²) in [5, 5.41) is 0. The molecule has 0 N–H and O–H groups in total. The van der Waals surface area contributed by atoms with E-state index in [9.17, 15) is 18.0 Å². The van der Waals surface area contributed by atoms with Gasteiger partial charge in [-0.3, -0.25) is 0 Å². The Labute approximate surface area is 114 Å². The van der Waals surface area contributed by atoms with E-state index in [1.54, 1.807) is 20.8 Å². The smallest absolute Gasteiger partial charge is 0.411 e. The molecule has 0 radical (unpaired) electrons. The minimum Gasteiger partial charge on any atom is -0.460 e. The number of esters is 1. The fourth-order valence-corrected chi connectivity index (χ4v) is 1.43. The molecule has 0 saturated heterocycles. The van der Waals surface area contributed by atoms with Crippen LogP contribution < -0.4 is 0 Å². The molecule has 1 rings (SSSR count). The number of alkyl halides is 3. The third-order valence-electron chi connectivity index (χ3n) is 2.20. The molecule has 0 saturated carbocycles. The van der Waals surface area contributed by atoms with E-state index in [1.165, 1.54) is 0 Å². The van der Waals surface area contributed by atoms with Gasteiger partial charge in [-0.05, 0) is 12.8 Å². The number of hydrogen-bond donors (Lipinski definition) is 0. The molecule has 20 heavy (non-hydrogen) atoms. The van der Waals surface area contributed by atoms with Gasteiger partial charge in [-0.2, -0.15) is 13.2 Å². The largest absolute Gasteiger partial charge is 0.460 e. The van der Waals surface area contributed by atoms with E-state index in [4.69, 9.17) is 9.15 Å². The van der Waals surface area contributed by atoms with Gasteiger partial charge in [0.2, 0.25) is 11.7 Å². The first-order valence-corrected chi connectivity index (χ1v) is 6.05. The Morgan fingerprint density at radius 2 is 2.05 bits per heavy atom. The van der Waals surface area contributed by atoms with Crippen LogP contribution in [0.3, 0.4) is 0 Å². The second kappa shape index (κ2) is 6.74. The highest BCUT2D eigenvalue weighted by atomic mass is 19.4. The number of carbonyl (C=O) groups is 1. The molecule has 0 aliphatic carbocycles. The maximum Gasteiger partial charge on any atom is 0.411 e. The zero-order chi connectivity index (χ0) is 15.3. The highest BCUT2D eigenvalue weighted by molar-refractivity contribution is 5.87. The zero-order valence-corrected chi connectivity index (χ0v) is 11.4. The Bertz CT molecular complexity index is 454. The molecule has 0 aromatic carbocycles. The van der Waals surface area contributed by atoms with Gasteiger partial charge in [0.1, 0.15) is 13.2 Å². The number of carbonyl (C=O) groups excluding carboxylic acids is 1. The van der Waals surface area contributed by atoms with Gasteiger partial charge in [0, 0.05) is 0 Å². The van der Waals surface area contributed by atoms with Crippen LogP contribution in [-0.4, -0.2) is 30.3 Å². The Morgan fingerprint density at radius 1 is 1.40 bits per heavy atom. The van der Waals surface area contributed by atoms with Gasteiger partial charge in [-0.15, -0.1) is 0 Å². The lowest BCUT2D eigenvalue weighted by Gasteiger charge is -2.04. The Morgan fingerprint density at radius 3 is 2.55 bits per heavy atom. The molecule has 8 heteroatoms. The number of hydrogen-bond acceptors (Lipinski definition) is 5. The average Bonchev–Trinajstić information content (AvgIpc) is 2.72. The summed E-state index contributed by atoms with van der Waals surface area (Å²) in [4.78, 5) is 15.6. The van der Waals surface area contributed by atoms with E-state index in [0.717, 1.165) is 0 Å². The van der Waals surface area contributed by atoms with E-state index in [2.05, 4.69) is 9.72 Å². The van der Waals surface area contributed by atoms with Crippen molar-refractivity contribution < 1.29 is 31.9 Å². The maximum atomic E-state index is 11.9. The van der Waals surface area contributed by atoms with E-state index in [0.29, 0.717) is 5.69 Å². The van der Waals surface area contributed by atoms with E-state index >= 15 is 0 Å². The second-order valence-electron chi connectivity index (χ2n) is 4.31. The van der Waals surface area contributed by atoms with Crippen LogP contribution >= 0.6 is 0 Å². The van der Waals surface area contributed by atoms with Crippen LogP contribution in [0.2, 0.25) is 0 Å². The third kappa shape index (κ3) is 4.84. The van der Waals surface area contributed by atoms with Crippen molar-refractivity contribution in [1.82, 2.24) is 4.98 Å². The molecular formula is C12H16F3NO4. The van der Waals surface area contributed by atoms with Crippen molar-refractivity contribution in [2.45, 2.75) is 39.5 Å². The molecule has 1 aromatic rings. The van der Waals surface area contributed by atoms with Crippen LogP contribution in [-0.2, 0) is 16.1 Å². The lowest BCUT2D eigenvalue weighted by atomic mass is 10.1. The van der Waals surface area contributed by atoms with E-state index < -0.39 is 25.4 Å². The molecule has 0 bridgehead atoms. The first kappa shape index (κ1) is 16.5. The molecule has 0 aliphatic rings. The lowest BCUT2D eigenvalue weighted by Crippen LogP contribution is -2.16. The minimum atomic E-state index is -4.42. The molecule has 1 aromatic heterocycles. The molecular weight excluding hydrogens is 279 g/mol. The predicted molar refractivity (Wildman–Crippen MR) is 62.3 cm³/mol. The Kier molecular flexibility index (Phi) is 5.55. The van der Waals surface area contributed by atoms with Gasteiger partial charge < -0.3 is 13.9 Å². The second-order valence-corrected chi connectivity index (χ2v) is 4.31. The summed E-state index contributed by atoms with van der Waals surface area (Å²) in [7, 11) is 0. The molecule has 1 heterocycles. The van der Waals surface area contributed by atoms with Crippen LogP contribution in [0.4, 0.5) is 13.2 Å². The molecule has 114 valence electrons. The summed E-state index contributed by atoms with van der Waals surface area (Å²) in [6.45, 7) is 3.50. The molecule has 0 spiro atoms. The molecule has 0 amide bonds. The van der Waals surface area contributed by atoms with Crippen molar-refractivity contribution >= 4 is 5.97 Å². The van der Waals surface area contributed by atoms with Crippen molar-refractivity contribution in [3.05, 3.63) is 17.3 Å². The zero-order valence-electron chi connectivity index (χ0n) is 11.4. The minimum absolute atomic E-state index is 0.0824. The maximum absolute atomic E-state index is 11.9. The van der Waals surface area contributed by atoms with Gasteiger partial charge in [-0.1, -0.05) is 13.8 Å². The van der Waals surface area contributed by atoms with Crippen molar-refractivity contribution in [3.63, 3.8) is 0 Å². The van der Waals surface area contributed by atoms with Crippen LogP contribution in [0, 0.1) is 0 Å². The Hall–Kier alpha value is -1.57. The molecule has 0 atom stereocenters. The van der Waals surface area contributed by atoms with E-state index in [-0.39, 0.29) is 24.2 Å². The first-order chi connectivity index (χ1) is 9.24. The highest BCUT2D eigenvalue weighted by Gasteiger charge is 2.28. The SMILES string of the molecule is CCOC(=O)c1oc(COCC(F)(F)F)nc1C(C)C. The summed E-state index contributed by atoms with van der Waals surface area (Å²) >= 11 is 0. The third-order valence-corrected chi connectivity index (χ3v) is 2.20. The highest BCUT2D eigenvalue weighted by Crippen LogP contribution is 2.22. The van der Waals surface area contributed by atoms with Crippen molar-refractivity contribution in [2.75, 3.05) is 13.2 Å². The first-order valence-electron chi connectivity index (χ1n) is 6.05. The summed E-state index contributed by atoms with van der Waals surface area (Å²) in [5.74, 6) is -0.992. The lowest BCUT2D eigenvalue weighted by molar-refractivity contribution is -0.177. The van der Waals surface area contributed by atoms with Crippen molar-refractivity contribution in [1.29, 1.82) is 0 Å². The van der Waals surface area contributed by atoms with Gasteiger partial charge in [0.15, 0.2) is 0 Å². The number of halogens is 3. The summed E-state index contributed by atoms with van der Waals surface area (Å²) < 4.78 is 50.2. The normalized spacial score (nSPS) is 11.9. The average molecular weight is 295 g/mol. The van der Waals surface area contributed by atoms with Gasteiger partial charge in [0.25, 0.3) is 0 Å². The molecule has 0 aliphatic heterocycles. The van der Waals surface area contributed by atoms with Crippen LogP contribution in [0.5, 0.6) is 0 Å². The molecule has 0 unspecified atom stereocenters. The van der Waals surface area contributed by atoms with Crippen molar-refractivity contribution in [2.24, 2.45) is 0 Å². The number of oxazole rings is 1. The standard InChI is InChI=1S/C12H16F3NO4/c1-4-19-11(17)10-9(7(2)3)16-8(20-10)5-18-6-12(13,14)15/h7H,4-6H2,1-3H3. The predicted octanol–water partition coefficient (Wildman–Crippen LogP) is 3.05. The topological polar surface area (TPSA) is 61.6 Å². The fourth-order valence-electron chi connectivity index (χ4n) is 1.43. The number of rotatable bonds is 6. The van der Waals surface area contributed by atoms with Crippen LogP contribution in [0.25, 0.3) is 0 Å². The van der Waals surface area contributed by atoms with Crippen LogP contribution in [0.1, 0.15) is 48.8 Å². The number of aromatic nitrogens is 1. The van der Waals surface area contributed by atoms with Gasteiger partial charge in [0.05, 0.1) is 12.3 Å². The summed E-state index contributed by atoms with van der Waals surface area (Å²) in [5.41, 5.74) is 0.342. The fraction of sp³-hybridized carbons (Fsp3) is 0.667. The van der Waals surface area contributed by atoms with Crippen molar-refractivity contribution in [3.8, 4) is 0 Å². The number of ether oxygens (including phenoxy) is 2. The summed E-state index contributed by atoms with van der Waals surface area (Å²) in [6.07, 6.45) is -4.42. The molecule has 5 nitrogen and oxygen atoms in total. The monoisotopic (exact) mass is 295 g/mol. The number of nitrogens with zero attached hydrogens (tertiary/aromatic N) is 1. The quantitative estimate of drug-likeness (QED) is 0.755. The van der Waals surface area contributed by atoms with Gasteiger partial charge in [-0.25, -0.2) is 9.78 Å². The van der Waals surface area contributed by atoms with E-state index in [1.807, 2.05) is 0 Å². The Balaban J connectivity index is 2.79.